The maximum Gasteiger partial charge on any atom is 0.229 e. The standard InChI is InChI=1S/C24H28FN5O4S/c1-16-4-5-19(10-17(16)15-31)29(2)23-22(25)14-26-24(28-23)27-18-11-20(30-6-8-34-9-7-30)13-21(12-18)35(3,32)33/h4-5,10-14,31H,6-9,15H2,1-3H3,(H,26,27,28). The van der Waals surface area contributed by atoms with Crippen molar-refractivity contribution in [2.24, 2.45) is 0 Å². The van der Waals surface area contributed by atoms with E-state index in [0.29, 0.717) is 37.7 Å². The van der Waals surface area contributed by atoms with Crippen LogP contribution in [0.1, 0.15) is 11.1 Å². The van der Waals surface area contributed by atoms with Crippen LogP contribution < -0.4 is 15.1 Å². The van der Waals surface area contributed by atoms with Crippen molar-refractivity contribution < 1.29 is 22.7 Å². The Morgan fingerprint density at radius 2 is 1.94 bits per heavy atom. The van der Waals surface area contributed by atoms with Gasteiger partial charge in [-0.05, 0) is 48.4 Å². The van der Waals surface area contributed by atoms with Crippen molar-refractivity contribution in [3.05, 3.63) is 59.5 Å². The number of halogens is 1. The molecule has 186 valence electrons. The summed E-state index contributed by atoms with van der Waals surface area (Å²) in [5.41, 5.74) is 3.51. The fourth-order valence-corrected chi connectivity index (χ4v) is 4.49. The summed E-state index contributed by atoms with van der Waals surface area (Å²) in [5.74, 6) is -0.479. The predicted octanol–water partition coefficient (Wildman–Crippen LogP) is 3.17. The van der Waals surface area contributed by atoms with Gasteiger partial charge >= 0.3 is 0 Å². The first-order chi connectivity index (χ1) is 16.7. The molecule has 2 aromatic carbocycles. The Bertz CT molecular complexity index is 1330. The van der Waals surface area contributed by atoms with Crippen LogP contribution in [-0.4, -0.2) is 63.1 Å². The summed E-state index contributed by atoms with van der Waals surface area (Å²) in [6.45, 7) is 4.15. The lowest BCUT2D eigenvalue weighted by molar-refractivity contribution is 0.122. The summed E-state index contributed by atoms with van der Waals surface area (Å²) in [6.07, 6.45) is 2.21. The van der Waals surface area contributed by atoms with Crippen LogP contribution in [0.25, 0.3) is 0 Å². The van der Waals surface area contributed by atoms with Gasteiger partial charge in [0.1, 0.15) is 0 Å². The Kier molecular flexibility index (Phi) is 7.20. The summed E-state index contributed by atoms with van der Waals surface area (Å²) in [7, 11) is -1.81. The second-order valence-electron chi connectivity index (χ2n) is 8.41. The molecular weight excluding hydrogens is 473 g/mol. The second kappa shape index (κ2) is 10.1. The molecule has 1 fully saturated rings. The lowest BCUT2D eigenvalue weighted by Crippen LogP contribution is -2.36. The molecule has 35 heavy (non-hydrogen) atoms. The second-order valence-corrected chi connectivity index (χ2v) is 10.4. The number of hydrogen-bond donors (Lipinski definition) is 2. The minimum atomic E-state index is -3.48. The van der Waals surface area contributed by atoms with Gasteiger partial charge in [0.15, 0.2) is 21.5 Å². The summed E-state index contributed by atoms with van der Waals surface area (Å²) in [4.78, 5) is 12.1. The quantitative estimate of drug-likeness (QED) is 0.505. The molecule has 0 aliphatic carbocycles. The molecule has 9 nitrogen and oxygen atoms in total. The van der Waals surface area contributed by atoms with E-state index in [1.54, 1.807) is 24.1 Å². The van der Waals surface area contributed by atoms with Crippen LogP contribution in [0.2, 0.25) is 0 Å². The molecule has 1 aliphatic heterocycles. The molecule has 0 unspecified atom stereocenters. The van der Waals surface area contributed by atoms with E-state index in [0.717, 1.165) is 29.3 Å². The van der Waals surface area contributed by atoms with E-state index >= 15 is 0 Å². The third-order valence-electron chi connectivity index (χ3n) is 5.89. The molecule has 2 heterocycles. The zero-order valence-corrected chi connectivity index (χ0v) is 20.6. The predicted molar refractivity (Wildman–Crippen MR) is 133 cm³/mol. The van der Waals surface area contributed by atoms with Crippen molar-refractivity contribution in [2.75, 3.05) is 54.7 Å². The molecule has 1 saturated heterocycles. The van der Waals surface area contributed by atoms with E-state index in [9.17, 15) is 17.9 Å². The fourth-order valence-electron chi connectivity index (χ4n) is 3.82. The monoisotopic (exact) mass is 501 g/mol. The van der Waals surface area contributed by atoms with Crippen LogP contribution in [0.15, 0.2) is 47.5 Å². The largest absolute Gasteiger partial charge is 0.392 e. The Balaban J connectivity index is 1.67. The van der Waals surface area contributed by atoms with Crippen LogP contribution in [0, 0.1) is 12.7 Å². The molecule has 0 bridgehead atoms. The van der Waals surface area contributed by atoms with E-state index in [1.165, 1.54) is 6.07 Å². The molecule has 0 atom stereocenters. The molecule has 11 heteroatoms. The maximum atomic E-state index is 14.7. The first-order valence-corrected chi connectivity index (χ1v) is 13.0. The van der Waals surface area contributed by atoms with Gasteiger partial charge in [0, 0.05) is 43.5 Å². The van der Waals surface area contributed by atoms with E-state index in [-0.39, 0.29) is 23.3 Å². The Hall–Kier alpha value is -3.28. The Morgan fingerprint density at radius 3 is 2.63 bits per heavy atom. The average Bonchev–Trinajstić information content (AvgIpc) is 2.85. The lowest BCUT2D eigenvalue weighted by atomic mass is 10.1. The van der Waals surface area contributed by atoms with Gasteiger partial charge in [-0.2, -0.15) is 4.98 Å². The van der Waals surface area contributed by atoms with Crippen LogP contribution in [-0.2, 0) is 21.2 Å². The average molecular weight is 502 g/mol. The zero-order valence-electron chi connectivity index (χ0n) is 19.8. The minimum absolute atomic E-state index is 0.0305. The molecule has 0 saturated carbocycles. The number of ether oxygens (including phenoxy) is 1. The smallest absolute Gasteiger partial charge is 0.229 e. The van der Waals surface area contributed by atoms with Crippen LogP contribution in [0.3, 0.4) is 0 Å². The fraction of sp³-hybridized carbons (Fsp3) is 0.333. The highest BCUT2D eigenvalue weighted by atomic mass is 32.2. The number of anilines is 5. The van der Waals surface area contributed by atoms with Crippen LogP contribution >= 0.6 is 0 Å². The van der Waals surface area contributed by atoms with Crippen LogP contribution in [0.4, 0.5) is 33.2 Å². The first kappa shape index (κ1) is 24.8. The highest BCUT2D eigenvalue weighted by Gasteiger charge is 2.18. The molecule has 2 N–H and O–H groups in total. The number of aliphatic hydroxyl groups is 1. The number of sulfone groups is 1. The van der Waals surface area contributed by atoms with Crippen molar-refractivity contribution in [1.82, 2.24) is 9.97 Å². The number of hydrogen-bond acceptors (Lipinski definition) is 9. The van der Waals surface area contributed by atoms with Crippen LogP contribution in [0.5, 0.6) is 0 Å². The third kappa shape index (κ3) is 5.69. The number of benzene rings is 2. The normalized spacial score (nSPS) is 14.1. The summed E-state index contributed by atoms with van der Waals surface area (Å²) < 4.78 is 44.7. The highest BCUT2D eigenvalue weighted by Crippen LogP contribution is 2.30. The van der Waals surface area contributed by atoms with Crippen molar-refractivity contribution in [1.29, 1.82) is 0 Å². The molecule has 0 amide bonds. The van der Waals surface area contributed by atoms with Gasteiger partial charge < -0.3 is 25.0 Å². The van der Waals surface area contributed by atoms with Crippen molar-refractivity contribution in [3.8, 4) is 0 Å². The molecular formula is C24H28FN5O4S. The van der Waals surface area contributed by atoms with Gasteiger partial charge in [-0.1, -0.05) is 6.07 Å². The number of nitrogens with one attached hydrogen (secondary N) is 1. The molecule has 3 aromatic rings. The van der Waals surface area contributed by atoms with Gasteiger partial charge in [-0.15, -0.1) is 0 Å². The van der Waals surface area contributed by atoms with E-state index in [4.69, 9.17) is 4.74 Å². The number of morpholine rings is 1. The molecule has 1 aromatic heterocycles. The van der Waals surface area contributed by atoms with E-state index < -0.39 is 15.7 Å². The number of rotatable bonds is 7. The summed E-state index contributed by atoms with van der Waals surface area (Å²) in [5, 5.41) is 12.6. The SMILES string of the molecule is Cc1ccc(N(C)c2nc(Nc3cc(N4CCOCC4)cc(S(C)(=O)=O)c3)ncc2F)cc1CO. The molecule has 0 radical (unpaired) electrons. The lowest BCUT2D eigenvalue weighted by Gasteiger charge is -2.29. The zero-order chi connectivity index (χ0) is 25.2. The summed E-state index contributed by atoms with van der Waals surface area (Å²) in [6, 6.07) is 10.4. The third-order valence-corrected chi connectivity index (χ3v) is 6.98. The first-order valence-electron chi connectivity index (χ1n) is 11.1. The van der Waals surface area contributed by atoms with Gasteiger partial charge in [0.25, 0.3) is 0 Å². The topological polar surface area (TPSA) is 108 Å². The molecule has 1 aliphatic rings. The molecule has 0 spiro atoms. The van der Waals surface area contributed by atoms with Crippen molar-refractivity contribution in [2.45, 2.75) is 18.4 Å². The van der Waals surface area contributed by atoms with Crippen molar-refractivity contribution in [3.63, 3.8) is 0 Å². The van der Waals surface area contributed by atoms with E-state index in [2.05, 4.69) is 15.3 Å². The number of aryl methyl sites for hydroxylation is 1. The maximum absolute atomic E-state index is 14.7. The summed E-state index contributed by atoms with van der Waals surface area (Å²) >= 11 is 0. The Morgan fingerprint density at radius 1 is 1.20 bits per heavy atom. The number of nitrogens with zero attached hydrogens (tertiary/aromatic N) is 4. The number of aliphatic hydroxyl groups excluding tert-OH is 1. The highest BCUT2D eigenvalue weighted by molar-refractivity contribution is 7.90. The van der Waals surface area contributed by atoms with Gasteiger partial charge in [-0.25, -0.2) is 17.8 Å². The number of aromatic nitrogens is 2. The Labute approximate surface area is 204 Å². The van der Waals surface area contributed by atoms with E-state index in [1.807, 2.05) is 30.0 Å². The van der Waals surface area contributed by atoms with Crippen molar-refractivity contribution >= 4 is 38.7 Å². The van der Waals surface area contributed by atoms with Gasteiger partial charge in [-0.3, -0.25) is 0 Å². The van der Waals surface area contributed by atoms with Gasteiger partial charge in [0.2, 0.25) is 5.95 Å². The molecule has 4 rings (SSSR count). The minimum Gasteiger partial charge on any atom is -0.392 e. The van der Waals surface area contributed by atoms with Gasteiger partial charge in [0.05, 0.1) is 30.9 Å².